The molecule has 0 saturated carbocycles. The highest BCUT2D eigenvalue weighted by molar-refractivity contribution is 7.98. The second-order valence-electron chi connectivity index (χ2n) is 5.44. The fourth-order valence-electron chi connectivity index (χ4n) is 3.07. The van der Waals surface area contributed by atoms with Crippen molar-refractivity contribution in [1.29, 1.82) is 0 Å². The molecule has 0 bridgehead atoms. The van der Waals surface area contributed by atoms with Crippen molar-refractivity contribution < 1.29 is 9.47 Å². The fraction of sp³-hybridized carbons (Fsp3) is 0.625. The van der Waals surface area contributed by atoms with Crippen molar-refractivity contribution in [1.82, 2.24) is 9.80 Å². The first-order valence-electron chi connectivity index (χ1n) is 7.66. The number of nitrogens with zero attached hydrogens (tertiary/aromatic N) is 2. The van der Waals surface area contributed by atoms with Crippen LogP contribution in [0.5, 0.6) is 0 Å². The van der Waals surface area contributed by atoms with E-state index in [0.29, 0.717) is 6.17 Å². The van der Waals surface area contributed by atoms with Crippen molar-refractivity contribution in [2.24, 2.45) is 0 Å². The molecule has 0 aliphatic carbocycles. The normalized spacial score (nSPS) is 21.8. The van der Waals surface area contributed by atoms with E-state index in [1.54, 1.807) is 11.8 Å². The van der Waals surface area contributed by atoms with Gasteiger partial charge in [-0.3, -0.25) is 9.80 Å². The van der Waals surface area contributed by atoms with Crippen LogP contribution in [0.2, 0.25) is 0 Å². The van der Waals surface area contributed by atoms with Crippen LogP contribution in [0.3, 0.4) is 0 Å². The predicted molar refractivity (Wildman–Crippen MR) is 85.7 cm³/mol. The standard InChI is InChI=1S/C16H24N2O2S/c1-21-15-4-2-14(3-5-15)16(17-6-10-19-11-7-17)18-8-12-20-13-9-18/h2-5,16H,6-13H2,1H3. The zero-order valence-electron chi connectivity index (χ0n) is 12.7. The number of hydrogen-bond donors (Lipinski definition) is 0. The topological polar surface area (TPSA) is 24.9 Å². The van der Waals surface area contributed by atoms with Crippen LogP contribution < -0.4 is 0 Å². The van der Waals surface area contributed by atoms with Crippen LogP contribution in [0, 0.1) is 0 Å². The monoisotopic (exact) mass is 308 g/mol. The van der Waals surface area contributed by atoms with Crippen LogP contribution in [0.15, 0.2) is 29.2 Å². The van der Waals surface area contributed by atoms with Crippen molar-refractivity contribution in [3.05, 3.63) is 29.8 Å². The first-order chi connectivity index (χ1) is 10.4. The van der Waals surface area contributed by atoms with Crippen LogP contribution in [0.4, 0.5) is 0 Å². The zero-order valence-corrected chi connectivity index (χ0v) is 13.5. The molecular formula is C16H24N2O2S. The second kappa shape index (κ2) is 7.61. The first kappa shape index (κ1) is 15.3. The van der Waals surface area contributed by atoms with E-state index in [1.165, 1.54) is 10.5 Å². The van der Waals surface area contributed by atoms with Crippen LogP contribution in [-0.4, -0.2) is 68.7 Å². The number of hydrogen-bond acceptors (Lipinski definition) is 5. The lowest BCUT2D eigenvalue weighted by Gasteiger charge is -2.43. The van der Waals surface area contributed by atoms with Gasteiger partial charge in [-0.25, -0.2) is 0 Å². The molecule has 3 rings (SSSR count). The summed E-state index contributed by atoms with van der Waals surface area (Å²) in [7, 11) is 0. The molecule has 21 heavy (non-hydrogen) atoms. The third kappa shape index (κ3) is 3.79. The van der Waals surface area contributed by atoms with Gasteiger partial charge >= 0.3 is 0 Å². The molecule has 2 saturated heterocycles. The van der Waals surface area contributed by atoms with Gasteiger partial charge < -0.3 is 9.47 Å². The minimum absolute atomic E-state index is 0.355. The number of benzene rings is 1. The van der Waals surface area contributed by atoms with E-state index in [2.05, 4.69) is 40.3 Å². The Bertz CT molecular complexity index is 410. The summed E-state index contributed by atoms with van der Waals surface area (Å²) in [5.74, 6) is 0. The molecule has 0 spiro atoms. The average molecular weight is 308 g/mol. The molecular weight excluding hydrogens is 284 g/mol. The Morgan fingerprint density at radius 1 is 0.857 bits per heavy atom. The smallest absolute Gasteiger partial charge is 0.0889 e. The molecule has 0 unspecified atom stereocenters. The third-order valence-corrected chi connectivity index (χ3v) is 4.94. The van der Waals surface area contributed by atoms with Crippen molar-refractivity contribution in [2.45, 2.75) is 11.1 Å². The summed E-state index contributed by atoms with van der Waals surface area (Å²) in [5.41, 5.74) is 1.39. The average Bonchev–Trinajstić information content (AvgIpc) is 2.58. The van der Waals surface area contributed by atoms with Gasteiger partial charge in [-0.15, -0.1) is 11.8 Å². The van der Waals surface area contributed by atoms with Gasteiger partial charge in [0.1, 0.15) is 0 Å². The third-order valence-electron chi connectivity index (χ3n) is 4.20. The number of rotatable bonds is 4. The molecule has 0 aromatic heterocycles. The van der Waals surface area contributed by atoms with E-state index < -0.39 is 0 Å². The van der Waals surface area contributed by atoms with Crippen molar-refractivity contribution in [3.63, 3.8) is 0 Å². The lowest BCUT2D eigenvalue weighted by molar-refractivity contribution is -0.0676. The largest absolute Gasteiger partial charge is 0.379 e. The highest BCUT2D eigenvalue weighted by atomic mass is 32.2. The zero-order chi connectivity index (χ0) is 14.5. The Morgan fingerprint density at radius 2 is 1.33 bits per heavy atom. The van der Waals surface area contributed by atoms with E-state index in [4.69, 9.17) is 9.47 Å². The number of ether oxygens (including phenoxy) is 2. The van der Waals surface area contributed by atoms with E-state index in [1.807, 2.05) is 0 Å². The van der Waals surface area contributed by atoms with E-state index in [0.717, 1.165) is 52.6 Å². The summed E-state index contributed by atoms with van der Waals surface area (Å²) < 4.78 is 11.0. The summed E-state index contributed by atoms with van der Waals surface area (Å²) in [5, 5.41) is 0. The summed E-state index contributed by atoms with van der Waals surface area (Å²) in [6.07, 6.45) is 2.48. The summed E-state index contributed by atoms with van der Waals surface area (Å²) in [6.45, 7) is 7.37. The molecule has 0 amide bonds. The summed E-state index contributed by atoms with van der Waals surface area (Å²) in [4.78, 5) is 6.41. The summed E-state index contributed by atoms with van der Waals surface area (Å²) >= 11 is 1.79. The molecule has 5 heteroatoms. The molecule has 0 radical (unpaired) electrons. The lowest BCUT2D eigenvalue weighted by atomic mass is 10.1. The van der Waals surface area contributed by atoms with Gasteiger partial charge in [-0.2, -0.15) is 0 Å². The maximum absolute atomic E-state index is 5.52. The minimum atomic E-state index is 0.355. The van der Waals surface area contributed by atoms with Gasteiger partial charge in [0.05, 0.1) is 32.6 Å². The highest BCUT2D eigenvalue weighted by Crippen LogP contribution is 2.28. The van der Waals surface area contributed by atoms with Gasteiger partial charge in [-0.1, -0.05) is 12.1 Å². The number of morpholine rings is 2. The molecule has 2 aliphatic rings. The van der Waals surface area contributed by atoms with Gasteiger partial charge in [0.25, 0.3) is 0 Å². The Hall–Kier alpha value is -0.590. The van der Waals surface area contributed by atoms with Crippen molar-refractivity contribution >= 4 is 11.8 Å². The molecule has 2 fully saturated rings. The van der Waals surface area contributed by atoms with Crippen LogP contribution >= 0.6 is 11.8 Å². The van der Waals surface area contributed by atoms with Crippen molar-refractivity contribution in [2.75, 3.05) is 58.9 Å². The molecule has 1 aromatic carbocycles. The Balaban J connectivity index is 1.82. The van der Waals surface area contributed by atoms with E-state index in [-0.39, 0.29) is 0 Å². The van der Waals surface area contributed by atoms with Gasteiger partial charge in [-0.05, 0) is 24.0 Å². The number of thioether (sulfide) groups is 1. The Morgan fingerprint density at radius 3 is 1.76 bits per heavy atom. The van der Waals surface area contributed by atoms with Crippen molar-refractivity contribution in [3.8, 4) is 0 Å². The van der Waals surface area contributed by atoms with Gasteiger partial charge in [0, 0.05) is 31.1 Å². The van der Waals surface area contributed by atoms with Crippen LogP contribution in [-0.2, 0) is 9.47 Å². The van der Waals surface area contributed by atoms with Gasteiger partial charge in [0.15, 0.2) is 0 Å². The maximum Gasteiger partial charge on any atom is 0.0889 e. The molecule has 2 heterocycles. The lowest BCUT2D eigenvalue weighted by Crippen LogP contribution is -2.50. The van der Waals surface area contributed by atoms with E-state index >= 15 is 0 Å². The minimum Gasteiger partial charge on any atom is -0.379 e. The molecule has 4 nitrogen and oxygen atoms in total. The van der Waals surface area contributed by atoms with Crippen LogP contribution in [0.25, 0.3) is 0 Å². The quantitative estimate of drug-likeness (QED) is 0.793. The predicted octanol–water partition coefficient (Wildman–Crippen LogP) is 2.07. The molecule has 1 aromatic rings. The van der Waals surface area contributed by atoms with Gasteiger partial charge in [0.2, 0.25) is 0 Å². The maximum atomic E-state index is 5.52. The molecule has 0 N–H and O–H groups in total. The second-order valence-corrected chi connectivity index (χ2v) is 6.32. The Kier molecular flexibility index (Phi) is 5.55. The highest BCUT2D eigenvalue weighted by Gasteiger charge is 2.29. The molecule has 0 atom stereocenters. The van der Waals surface area contributed by atoms with E-state index in [9.17, 15) is 0 Å². The fourth-order valence-corrected chi connectivity index (χ4v) is 3.48. The molecule has 2 aliphatic heterocycles. The SMILES string of the molecule is CSc1ccc(C(N2CCOCC2)N2CCOCC2)cc1. The van der Waals surface area contributed by atoms with Crippen LogP contribution in [0.1, 0.15) is 11.7 Å². The molecule has 116 valence electrons. The first-order valence-corrected chi connectivity index (χ1v) is 8.88. The Labute approximate surface area is 131 Å². The summed E-state index contributed by atoms with van der Waals surface area (Å²) in [6, 6.07) is 9.02.